The van der Waals surface area contributed by atoms with Crippen LogP contribution in [0.1, 0.15) is 18.6 Å². The van der Waals surface area contributed by atoms with Crippen molar-refractivity contribution in [3.05, 3.63) is 26.9 Å². The first kappa shape index (κ1) is 9.16. The van der Waals surface area contributed by atoms with E-state index in [2.05, 4.69) is 36.8 Å². The second kappa shape index (κ2) is 3.65. The van der Waals surface area contributed by atoms with Crippen LogP contribution in [0.5, 0.6) is 0 Å². The number of hydrogen-bond acceptors (Lipinski definition) is 2. The van der Waals surface area contributed by atoms with Crippen molar-refractivity contribution in [1.82, 2.24) is 4.98 Å². The van der Waals surface area contributed by atoms with Gasteiger partial charge in [0, 0.05) is 0 Å². The Morgan fingerprint density at radius 2 is 1.82 bits per heavy atom. The van der Waals surface area contributed by atoms with Crippen LogP contribution in [-0.4, -0.2) is 10.1 Å². The third-order valence-electron chi connectivity index (χ3n) is 1.27. The fraction of sp³-hybridized carbons (Fsp3) is 0.286. The lowest BCUT2D eigenvalue weighted by molar-refractivity contribution is 0.199. The molecule has 0 aliphatic heterocycles. The van der Waals surface area contributed by atoms with Crippen LogP contribution in [0.15, 0.2) is 21.3 Å². The van der Waals surface area contributed by atoms with Crippen LogP contribution in [0.4, 0.5) is 0 Å². The van der Waals surface area contributed by atoms with Gasteiger partial charge in [-0.3, -0.25) is 0 Å². The Balaban J connectivity index is 3.08. The molecule has 0 fully saturated rings. The lowest BCUT2D eigenvalue weighted by atomic mass is 10.2. The van der Waals surface area contributed by atoms with Gasteiger partial charge in [-0.1, -0.05) is 0 Å². The molecule has 1 atom stereocenters. The van der Waals surface area contributed by atoms with Crippen molar-refractivity contribution in [3.63, 3.8) is 0 Å². The summed E-state index contributed by atoms with van der Waals surface area (Å²) in [6, 6.07) is 3.57. The molecule has 0 saturated heterocycles. The van der Waals surface area contributed by atoms with Gasteiger partial charge in [-0.15, -0.1) is 0 Å². The van der Waals surface area contributed by atoms with Crippen molar-refractivity contribution in [2.75, 3.05) is 0 Å². The zero-order valence-corrected chi connectivity index (χ0v) is 9.05. The highest BCUT2D eigenvalue weighted by Crippen LogP contribution is 2.20. The molecule has 0 bridgehead atoms. The van der Waals surface area contributed by atoms with E-state index < -0.39 is 6.10 Å². The molecule has 1 aromatic heterocycles. The molecule has 2 nitrogen and oxygen atoms in total. The lowest BCUT2D eigenvalue weighted by Crippen LogP contribution is -1.92. The molecule has 60 valence electrons. The van der Waals surface area contributed by atoms with Gasteiger partial charge in [-0.05, 0) is 56.5 Å². The van der Waals surface area contributed by atoms with Crippen molar-refractivity contribution >= 4 is 31.9 Å². The molecule has 0 aliphatic carbocycles. The molecule has 11 heavy (non-hydrogen) atoms. The van der Waals surface area contributed by atoms with Gasteiger partial charge < -0.3 is 5.11 Å². The summed E-state index contributed by atoms with van der Waals surface area (Å²) in [7, 11) is 0. The minimum absolute atomic E-state index is 0.453. The molecule has 0 aromatic carbocycles. The van der Waals surface area contributed by atoms with Gasteiger partial charge in [-0.2, -0.15) is 0 Å². The summed E-state index contributed by atoms with van der Waals surface area (Å²) in [4.78, 5) is 4.04. The molecular formula is C7H7Br2NO. The van der Waals surface area contributed by atoms with E-state index in [9.17, 15) is 5.11 Å². The average Bonchev–Trinajstić information content (AvgIpc) is 1.85. The Morgan fingerprint density at radius 3 is 2.18 bits per heavy atom. The Kier molecular flexibility index (Phi) is 3.04. The summed E-state index contributed by atoms with van der Waals surface area (Å²) < 4.78 is 1.45. The van der Waals surface area contributed by atoms with Crippen LogP contribution in [0, 0.1) is 0 Å². The first-order valence-electron chi connectivity index (χ1n) is 3.10. The number of rotatable bonds is 1. The third-order valence-corrected chi connectivity index (χ3v) is 2.08. The molecular weight excluding hydrogens is 274 g/mol. The van der Waals surface area contributed by atoms with E-state index in [1.807, 2.05) is 0 Å². The summed E-state index contributed by atoms with van der Waals surface area (Å²) in [5.74, 6) is 0. The number of aromatic nitrogens is 1. The zero-order chi connectivity index (χ0) is 8.43. The van der Waals surface area contributed by atoms with Crippen molar-refractivity contribution < 1.29 is 5.11 Å². The topological polar surface area (TPSA) is 33.1 Å². The van der Waals surface area contributed by atoms with Crippen LogP contribution < -0.4 is 0 Å². The maximum absolute atomic E-state index is 9.20. The predicted octanol–water partition coefficient (Wildman–Crippen LogP) is 2.66. The Morgan fingerprint density at radius 1 is 1.36 bits per heavy atom. The summed E-state index contributed by atoms with van der Waals surface area (Å²) in [6.45, 7) is 1.72. The maximum Gasteiger partial charge on any atom is 0.107 e. The fourth-order valence-corrected chi connectivity index (χ4v) is 1.87. The average molecular weight is 281 g/mol. The highest BCUT2D eigenvalue weighted by molar-refractivity contribution is 9.11. The monoisotopic (exact) mass is 279 g/mol. The van der Waals surface area contributed by atoms with Gasteiger partial charge in [-0.25, -0.2) is 4.98 Å². The molecule has 0 radical (unpaired) electrons. The summed E-state index contributed by atoms with van der Waals surface area (Å²) in [6.07, 6.45) is -0.453. The van der Waals surface area contributed by atoms with Gasteiger partial charge in [0.15, 0.2) is 0 Å². The molecule has 1 N–H and O–H groups in total. The van der Waals surface area contributed by atoms with E-state index in [1.54, 1.807) is 19.1 Å². The molecule has 0 spiro atoms. The van der Waals surface area contributed by atoms with Crippen molar-refractivity contribution in [2.24, 2.45) is 0 Å². The molecule has 1 rings (SSSR count). The minimum atomic E-state index is -0.453. The molecule has 0 amide bonds. The van der Waals surface area contributed by atoms with Crippen molar-refractivity contribution in [3.8, 4) is 0 Å². The largest absolute Gasteiger partial charge is 0.389 e. The molecule has 0 unspecified atom stereocenters. The maximum atomic E-state index is 9.20. The first-order chi connectivity index (χ1) is 5.09. The van der Waals surface area contributed by atoms with Crippen LogP contribution in [0.2, 0.25) is 0 Å². The Labute approximate surface area is 81.9 Å². The van der Waals surface area contributed by atoms with Crippen molar-refractivity contribution in [2.45, 2.75) is 13.0 Å². The van der Waals surface area contributed by atoms with E-state index >= 15 is 0 Å². The predicted molar refractivity (Wildman–Crippen MR) is 50.3 cm³/mol. The summed E-state index contributed by atoms with van der Waals surface area (Å²) in [5.41, 5.74) is 0.846. The Hall–Kier alpha value is 0.0700. The van der Waals surface area contributed by atoms with E-state index in [1.165, 1.54) is 0 Å². The lowest BCUT2D eigenvalue weighted by Gasteiger charge is -2.04. The third kappa shape index (κ3) is 2.54. The SMILES string of the molecule is C[C@@H](O)c1cc(Br)nc(Br)c1. The molecule has 0 aliphatic rings. The second-order valence-electron chi connectivity index (χ2n) is 2.22. The number of aliphatic hydroxyl groups is 1. The van der Waals surface area contributed by atoms with E-state index in [0.29, 0.717) is 0 Å². The molecule has 0 saturated carbocycles. The van der Waals surface area contributed by atoms with E-state index in [4.69, 9.17) is 0 Å². The quantitative estimate of drug-likeness (QED) is 0.803. The number of aliphatic hydroxyl groups excluding tert-OH is 1. The molecule has 1 aromatic rings. The van der Waals surface area contributed by atoms with Crippen molar-refractivity contribution in [1.29, 1.82) is 0 Å². The van der Waals surface area contributed by atoms with Crippen LogP contribution >= 0.6 is 31.9 Å². The first-order valence-corrected chi connectivity index (χ1v) is 4.69. The zero-order valence-electron chi connectivity index (χ0n) is 5.88. The molecule has 1 heterocycles. The summed E-state index contributed by atoms with van der Waals surface area (Å²) >= 11 is 6.46. The van der Waals surface area contributed by atoms with Gasteiger partial charge in [0.25, 0.3) is 0 Å². The van der Waals surface area contributed by atoms with Gasteiger partial charge >= 0.3 is 0 Å². The smallest absolute Gasteiger partial charge is 0.107 e. The van der Waals surface area contributed by atoms with Crippen LogP contribution in [0.3, 0.4) is 0 Å². The second-order valence-corrected chi connectivity index (χ2v) is 3.85. The van der Waals surface area contributed by atoms with Gasteiger partial charge in [0.05, 0.1) is 6.10 Å². The Bertz CT molecular complexity index is 242. The standard InChI is InChI=1S/C7H7Br2NO/c1-4(11)5-2-6(8)10-7(9)3-5/h2-4,11H,1H3/t4-/m1/s1. The normalized spacial score (nSPS) is 13.1. The van der Waals surface area contributed by atoms with Gasteiger partial charge in [0.1, 0.15) is 9.21 Å². The minimum Gasteiger partial charge on any atom is -0.389 e. The van der Waals surface area contributed by atoms with Crippen LogP contribution in [-0.2, 0) is 0 Å². The number of hydrogen-bond donors (Lipinski definition) is 1. The van der Waals surface area contributed by atoms with Gasteiger partial charge in [0.2, 0.25) is 0 Å². The summed E-state index contributed by atoms with van der Waals surface area (Å²) in [5, 5.41) is 9.20. The fourth-order valence-electron chi connectivity index (χ4n) is 0.725. The number of nitrogens with zero attached hydrogens (tertiary/aromatic N) is 1. The van der Waals surface area contributed by atoms with Crippen LogP contribution in [0.25, 0.3) is 0 Å². The number of halogens is 2. The van der Waals surface area contributed by atoms with E-state index in [-0.39, 0.29) is 0 Å². The number of pyridine rings is 1. The highest BCUT2D eigenvalue weighted by Gasteiger charge is 2.03. The highest BCUT2D eigenvalue weighted by atomic mass is 79.9. The molecule has 4 heteroatoms. The van der Waals surface area contributed by atoms with E-state index in [0.717, 1.165) is 14.8 Å².